The van der Waals surface area contributed by atoms with Gasteiger partial charge in [0.1, 0.15) is 0 Å². The fraction of sp³-hybridized carbons (Fsp3) is 0.467. The van der Waals surface area contributed by atoms with Gasteiger partial charge in [-0.1, -0.05) is 6.07 Å². The number of amides is 1. The van der Waals surface area contributed by atoms with Gasteiger partial charge in [-0.3, -0.25) is 4.79 Å². The van der Waals surface area contributed by atoms with Gasteiger partial charge in [0.15, 0.2) is 0 Å². The van der Waals surface area contributed by atoms with Crippen LogP contribution >= 0.6 is 0 Å². The predicted molar refractivity (Wildman–Crippen MR) is 81.6 cm³/mol. The summed E-state index contributed by atoms with van der Waals surface area (Å²) in [7, 11) is -3.22. The van der Waals surface area contributed by atoms with E-state index < -0.39 is 10.0 Å². The van der Waals surface area contributed by atoms with Gasteiger partial charge in [-0.05, 0) is 24.6 Å². The Balaban J connectivity index is 1.84. The number of rotatable bonds is 2. The number of sulfonamides is 1. The Bertz CT molecular complexity index is 768. The van der Waals surface area contributed by atoms with E-state index in [2.05, 4.69) is 6.07 Å². The molecule has 1 aromatic rings. The number of benzene rings is 1. The lowest BCUT2D eigenvalue weighted by Gasteiger charge is -2.23. The van der Waals surface area contributed by atoms with E-state index in [0.717, 1.165) is 0 Å². The maximum atomic E-state index is 12.4. The summed E-state index contributed by atoms with van der Waals surface area (Å²) in [5, 5.41) is 8.97. The Hall–Kier alpha value is -1.91. The van der Waals surface area contributed by atoms with Crippen molar-refractivity contribution in [1.29, 1.82) is 5.26 Å². The molecule has 1 atom stereocenters. The van der Waals surface area contributed by atoms with Gasteiger partial charge in [0, 0.05) is 37.2 Å². The molecule has 1 spiro atoms. The predicted octanol–water partition coefficient (Wildman–Crippen LogP) is 0.947. The van der Waals surface area contributed by atoms with Crippen LogP contribution in [0.25, 0.3) is 0 Å². The Labute approximate surface area is 130 Å². The van der Waals surface area contributed by atoms with E-state index in [9.17, 15) is 13.2 Å². The Morgan fingerprint density at radius 1 is 1.32 bits per heavy atom. The van der Waals surface area contributed by atoms with Gasteiger partial charge in [-0.15, -0.1) is 0 Å². The molecule has 6 nitrogen and oxygen atoms in total. The molecule has 2 aliphatic rings. The Kier molecular flexibility index (Phi) is 3.46. The molecular formula is C15H17N3O3S. The standard InChI is InChI=1S/C15H17N3O3S/c1-22(20,21)17-6-5-15(10-17)8-14(19)18(11-15)13-4-2-3-12(7-13)9-16/h2-4,7H,5-6,8,10-11H2,1H3. The molecule has 3 rings (SSSR count). The smallest absolute Gasteiger partial charge is 0.227 e. The van der Waals surface area contributed by atoms with Crippen LogP contribution in [0.2, 0.25) is 0 Å². The highest BCUT2D eigenvalue weighted by Gasteiger charge is 2.49. The van der Waals surface area contributed by atoms with Gasteiger partial charge in [0.2, 0.25) is 15.9 Å². The molecule has 0 radical (unpaired) electrons. The van der Waals surface area contributed by atoms with Crippen LogP contribution < -0.4 is 4.90 Å². The summed E-state index contributed by atoms with van der Waals surface area (Å²) in [5.41, 5.74) is 0.914. The molecule has 2 fully saturated rings. The highest BCUT2D eigenvalue weighted by Crippen LogP contribution is 2.42. The van der Waals surface area contributed by atoms with E-state index in [4.69, 9.17) is 5.26 Å². The van der Waals surface area contributed by atoms with Crippen LogP contribution in [0.3, 0.4) is 0 Å². The first-order valence-electron chi connectivity index (χ1n) is 7.09. The van der Waals surface area contributed by atoms with Crippen molar-refractivity contribution in [2.45, 2.75) is 12.8 Å². The van der Waals surface area contributed by atoms with Crippen molar-refractivity contribution >= 4 is 21.6 Å². The summed E-state index contributed by atoms with van der Waals surface area (Å²) in [6, 6.07) is 9.02. The minimum atomic E-state index is -3.22. The van der Waals surface area contributed by atoms with Crippen molar-refractivity contribution in [3.05, 3.63) is 29.8 Å². The molecule has 2 saturated heterocycles. The molecule has 1 amide bonds. The number of hydrogen-bond acceptors (Lipinski definition) is 4. The molecule has 0 aromatic heterocycles. The molecular weight excluding hydrogens is 302 g/mol. The highest BCUT2D eigenvalue weighted by molar-refractivity contribution is 7.88. The van der Waals surface area contributed by atoms with Gasteiger partial charge in [0.05, 0.1) is 17.9 Å². The third kappa shape index (κ3) is 2.60. The molecule has 0 aliphatic carbocycles. The first-order chi connectivity index (χ1) is 10.3. The van der Waals surface area contributed by atoms with E-state index in [0.29, 0.717) is 43.7 Å². The Morgan fingerprint density at radius 2 is 2.09 bits per heavy atom. The zero-order chi connectivity index (χ0) is 16.0. The van der Waals surface area contributed by atoms with Crippen molar-refractivity contribution in [3.63, 3.8) is 0 Å². The third-order valence-electron chi connectivity index (χ3n) is 4.48. The SMILES string of the molecule is CS(=O)(=O)N1CCC2(CC(=O)N(c3cccc(C#N)c3)C2)C1. The van der Waals surface area contributed by atoms with E-state index in [-0.39, 0.29) is 11.3 Å². The van der Waals surface area contributed by atoms with Crippen LogP contribution in [0.15, 0.2) is 24.3 Å². The van der Waals surface area contributed by atoms with Crippen LogP contribution in [-0.2, 0) is 14.8 Å². The fourth-order valence-corrected chi connectivity index (χ4v) is 4.26. The third-order valence-corrected chi connectivity index (χ3v) is 5.73. The average molecular weight is 319 g/mol. The average Bonchev–Trinajstić information content (AvgIpc) is 3.03. The number of anilines is 1. The molecule has 2 heterocycles. The van der Waals surface area contributed by atoms with Crippen LogP contribution in [-0.4, -0.2) is 44.5 Å². The summed E-state index contributed by atoms with van der Waals surface area (Å²) >= 11 is 0. The van der Waals surface area contributed by atoms with Crippen molar-refractivity contribution in [1.82, 2.24) is 4.31 Å². The van der Waals surface area contributed by atoms with Crippen molar-refractivity contribution in [3.8, 4) is 6.07 Å². The van der Waals surface area contributed by atoms with E-state index >= 15 is 0 Å². The quantitative estimate of drug-likeness (QED) is 0.812. The molecule has 0 bridgehead atoms. The van der Waals surface area contributed by atoms with Crippen molar-refractivity contribution in [2.75, 3.05) is 30.8 Å². The van der Waals surface area contributed by atoms with E-state index in [1.165, 1.54) is 10.6 Å². The van der Waals surface area contributed by atoms with Gasteiger partial charge < -0.3 is 4.90 Å². The first kappa shape index (κ1) is 15.0. The molecule has 0 saturated carbocycles. The minimum Gasteiger partial charge on any atom is -0.312 e. The van der Waals surface area contributed by atoms with Gasteiger partial charge in [-0.25, -0.2) is 12.7 Å². The van der Waals surface area contributed by atoms with Crippen molar-refractivity contribution < 1.29 is 13.2 Å². The van der Waals surface area contributed by atoms with Crippen molar-refractivity contribution in [2.24, 2.45) is 5.41 Å². The monoisotopic (exact) mass is 319 g/mol. The van der Waals surface area contributed by atoms with E-state index in [1.807, 2.05) is 0 Å². The molecule has 7 heteroatoms. The summed E-state index contributed by atoms with van der Waals surface area (Å²) in [6.07, 6.45) is 2.26. The second-order valence-electron chi connectivity index (χ2n) is 6.17. The lowest BCUT2D eigenvalue weighted by Crippen LogP contribution is -2.33. The first-order valence-corrected chi connectivity index (χ1v) is 8.94. The number of nitriles is 1. The summed E-state index contributed by atoms with van der Waals surface area (Å²) in [5.74, 6) is -0.00885. The molecule has 1 unspecified atom stereocenters. The second kappa shape index (κ2) is 5.07. The summed E-state index contributed by atoms with van der Waals surface area (Å²) in [6.45, 7) is 1.37. The van der Waals surface area contributed by atoms with E-state index in [1.54, 1.807) is 29.2 Å². The molecule has 22 heavy (non-hydrogen) atoms. The number of carbonyl (C=O) groups excluding carboxylic acids is 1. The van der Waals surface area contributed by atoms with Crippen LogP contribution in [0.1, 0.15) is 18.4 Å². The fourth-order valence-electron chi connectivity index (χ4n) is 3.32. The zero-order valence-electron chi connectivity index (χ0n) is 12.3. The molecule has 2 aliphatic heterocycles. The zero-order valence-corrected chi connectivity index (χ0v) is 13.1. The normalized spacial score (nSPS) is 25.8. The number of nitrogens with zero attached hydrogens (tertiary/aromatic N) is 3. The highest BCUT2D eigenvalue weighted by atomic mass is 32.2. The van der Waals surface area contributed by atoms with Gasteiger partial charge in [-0.2, -0.15) is 5.26 Å². The number of hydrogen-bond donors (Lipinski definition) is 0. The molecule has 1 aromatic carbocycles. The minimum absolute atomic E-state index is 0.00885. The maximum Gasteiger partial charge on any atom is 0.227 e. The van der Waals surface area contributed by atoms with Crippen LogP contribution in [0.4, 0.5) is 5.69 Å². The second-order valence-corrected chi connectivity index (χ2v) is 8.15. The summed E-state index contributed by atoms with van der Waals surface area (Å²) in [4.78, 5) is 14.0. The maximum absolute atomic E-state index is 12.4. The topological polar surface area (TPSA) is 81.5 Å². The summed E-state index contributed by atoms with van der Waals surface area (Å²) < 4.78 is 24.8. The molecule has 0 N–H and O–H groups in total. The van der Waals surface area contributed by atoms with Gasteiger partial charge in [0.25, 0.3) is 0 Å². The van der Waals surface area contributed by atoms with Crippen LogP contribution in [0.5, 0.6) is 0 Å². The lowest BCUT2D eigenvalue weighted by atomic mass is 9.86. The molecule has 116 valence electrons. The lowest BCUT2D eigenvalue weighted by molar-refractivity contribution is -0.117. The van der Waals surface area contributed by atoms with Gasteiger partial charge >= 0.3 is 0 Å². The largest absolute Gasteiger partial charge is 0.312 e. The Morgan fingerprint density at radius 3 is 2.73 bits per heavy atom. The van der Waals surface area contributed by atoms with Crippen LogP contribution in [0, 0.1) is 16.7 Å². The number of carbonyl (C=O) groups is 1.